The molecule has 5 rings (SSSR count). The first-order chi connectivity index (χ1) is 17.2. The van der Waals surface area contributed by atoms with Crippen LogP contribution in [0.4, 0.5) is 0 Å². The van der Waals surface area contributed by atoms with E-state index < -0.39 is 5.56 Å². The zero-order valence-corrected chi connectivity index (χ0v) is 19.2. The number of nitrogens with zero attached hydrogens (tertiary/aromatic N) is 4. The molecule has 0 radical (unpaired) electrons. The van der Waals surface area contributed by atoms with E-state index in [1.165, 1.54) is 10.6 Å². The van der Waals surface area contributed by atoms with Crippen LogP contribution in [0, 0.1) is 5.92 Å². The fraction of sp³-hybridized carbons (Fsp3) is 0.259. The first-order valence-corrected chi connectivity index (χ1v) is 11.6. The Labute approximate surface area is 202 Å². The molecule has 0 aliphatic carbocycles. The van der Waals surface area contributed by atoms with E-state index in [-0.39, 0.29) is 11.5 Å². The molecule has 1 saturated heterocycles. The highest BCUT2D eigenvalue weighted by Gasteiger charge is 2.21. The van der Waals surface area contributed by atoms with Crippen molar-refractivity contribution in [1.29, 1.82) is 0 Å². The summed E-state index contributed by atoms with van der Waals surface area (Å²) < 4.78 is 12.7. The predicted molar refractivity (Wildman–Crippen MR) is 130 cm³/mol. The third kappa shape index (κ3) is 5.38. The number of ether oxygens (including phenoxy) is 2. The Morgan fingerprint density at radius 1 is 1.06 bits per heavy atom. The van der Waals surface area contributed by atoms with Gasteiger partial charge in [0.15, 0.2) is 0 Å². The topological polar surface area (TPSA) is 86.0 Å². The molecule has 0 unspecified atom stereocenters. The summed E-state index contributed by atoms with van der Waals surface area (Å²) in [6.45, 7) is 2.80. The molecule has 178 valence electrons. The van der Waals surface area contributed by atoms with Gasteiger partial charge in [0.05, 0.1) is 13.2 Å². The van der Waals surface area contributed by atoms with Gasteiger partial charge in [0, 0.05) is 50.4 Å². The van der Waals surface area contributed by atoms with Crippen molar-refractivity contribution >= 4 is 11.6 Å². The van der Waals surface area contributed by atoms with Gasteiger partial charge < -0.3 is 14.4 Å². The first-order valence-electron chi connectivity index (χ1n) is 11.6. The standard InChI is InChI=1S/C27H26N4O4/c32-26(24-15-29-25-5-1-2-12-31(25)27(24)33)30(17-21-4-3-11-28-14-21)16-20-6-8-23(9-7-20)35-19-22-10-13-34-18-22/h1-9,11-12,14-15,22H,10,13,16-19H2/t22-/m1/s1. The van der Waals surface area contributed by atoms with E-state index in [4.69, 9.17) is 9.47 Å². The Bertz CT molecular complexity index is 1350. The van der Waals surface area contributed by atoms with Crippen LogP contribution < -0.4 is 10.3 Å². The number of carbonyl (C=O) groups excluding carboxylic acids is 1. The minimum Gasteiger partial charge on any atom is -0.493 e. The van der Waals surface area contributed by atoms with Gasteiger partial charge in [-0.15, -0.1) is 0 Å². The lowest BCUT2D eigenvalue weighted by molar-refractivity contribution is 0.0727. The molecule has 0 spiro atoms. The molecule has 3 aromatic heterocycles. The summed E-state index contributed by atoms with van der Waals surface area (Å²) in [6, 6.07) is 16.7. The van der Waals surface area contributed by atoms with Crippen molar-refractivity contribution < 1.29 is 14.3 Å². The van der Waals surface area contributed by atoms with E-state index >= 15 is 0 Å². The van der Waals surface area contributed by atoms with Crippen molar-refractivity contribution in [1.82, 2.24) is 19.3 Å². The first kappa shape index (κ1) is 22.7. The third-order valence-electron chi connectivity index (χ3n) is 6.03. The Balaban J connectivity index is 1.37. The normalized spacial score (nSPS) is 15.3. The maximum Gasteiger partial charge on any atom is 0.270 e. The van der Waals surface area contributed by atoms with Crippen LogP contribution in [0.15, 0.2) is 84.2 Å². The quantitative estimate of drug-likeness (QED) is 0.393. The summed E-state index contributed by atoms with van der Waals surface area (Å²) in [5, 5.41) is 0. The van der Waals surface area contributed by atoms with Crippen LogP contribution in [0.2, 0.25) is 0 Å². The van der Waals surface area contributed by atoms with Gasteiger partial charge in [-0.1, -0.05) is 24.3 Å². The number of aromatic nitrogens is 3. The van der Waals surface area contributed by atoms with Crippen LogP contribution in [-0.4, -0.2) is 45.0 Å². The van der Waals surface area contributed by atoms with Crippen LogP contribution in [0.25, 0.3) is 5.65 Å². The Hall–Kier alpha value is -4.04. The lowest BCUT2D eigenvalue weighted by Gasteiger charge is -2.23. The molecule has 1 aromatic carbocycles. The SMILES string of the molecule is O=C(c1cnc2ccccn2c1=O)N(Cc1ccc(OC[C@@H]2CCOC2)cc1)Cc1cccnc1. The number of pyridine rings is 2. The molecule has 1 fully saturated rings. The van der Waals surface area contributed by atoms with Gasteiger partial charge in [-0.3, -0.25) is 19.0 Å². The van der Waals surface area contributed by atoms with Crippen LogP contribution in [0.5, 0.6) is 5.75 Å². The number of hydrogen-bond acceptors (Lipinski definition) is 6. The van der Waals surface area contributed by atoms with Crippen molar-refractivity contribution in [3.05, 3.63) is 106 Å². The molecule has 1 aliphatic heterocycles. The molecule has 1 atom stereocenters. The molecule has 1 aliphatic rings. The summed E-state index contributed by atoms with van der Waals surface area (Å²) >= 11 is 0. The highest BCUT2D eigenvalue weighted by atomic mass is 16.5. The summed E-state index contributed by atoms with van der Waals surface area (Å²) in [5.74, 6) is 0.825. The lowest BCUT2D eigenvalue weighted by Crippen LogP contribution is -2.35. The largest absolute Gasteiger partial charge is 0.493 e. The van der Waals surface area contributed by atoms with Gasteiger partial charge in [-0.25, -0.2) is 4.98 Å². The van der Waals surface area contributed by atoms with Gasteiger partial charge in [-0.2, -0.15) is 0 Å². The number of hydrogen-bond donors (Lipinski definition) is 0. The molecule has 1 amide bonds. The molecule has 0 saturated carbocycles. The number of fused-ring (bicyclic) bond motifs is 1. The summed E-state index contributed by atoms with van der Waals surface area (Å²) in [5.41, 5.74) is 1.92. The zero-order chi connectivity index (χ0) is 24.0. The second-order valence-electron chi connectivity index (χ2n) is 8.61. The monoisotopic (exact) mass is 470 g/mol. The van der Waals surface area contributed by atoms with E-state index in [1.807, 2.05) is 36.4 Å². The Morgan fingerprint density at radius 2 is 1.91 bits per heavy atom. The van der Waals surface area contributed by atoms with Gasteiger partial charge in [0.1, 0.15) is 17.0 Å². The Morgan fingerprint density at radius 3 is 2.69 bits per heavy atom. The highest BCUT2D eigenvalue weighted by Crippen LogP contribution is 2.19. The van der Waals surface area contributed by atoms with Crippen LogP contribution >= 0.6 is 0 Å². The lowest BCUT2D eigenvalue weighted by atomic mass is 10.1. The van der Waals surface area contributed by atoms with Crippen LogP contribution in [-0.2, 0) is 17.8 Å². The van der Waals surface area contributed by atoms with E-state index in [0.29, 0.717) is 31.3 Å². The molecule has 0 N–H and O–H groups in total. The number of rotatable bonds is 8. The minimum absolute atomic E-state index is 0.0244. The average molecular weight is 471 g/mol. The summed E-state index contributed by atoms with van der Waals surface area (Å²) in [4.78, 5) is 36.7. The fourth-order valence-electron chi connectivity index (χ4n) is 4.10. The van der Waals surface area contributed by atoms with Crippen molar-refractivity contribution in [2.75, 3.05) is 19.8 Å². The van der Waals surface area contributed by atoms with Gasteiger partial charge in [0.25, 0.3) is 11.5 Å². The molecule has 8 heteroatoms. The van der Waals surface area contributed by atoms with Gasteiger partial charge >= 0.3 is 0 Å². The second kappa shape index (κ2) is 10.5. The maximum atomic E-state index is 13.6. The zero-order valence-electron chi connectivity index (χ0n) is 19.2. The van der Waals surface area contributed by atoms with Gasteiger partial charge in [-0.05, 0) is 47.9 Å². The molecular weight excluding hydrogens is 444 g/mol. The molecule has 4 heterocycles. The van der Waals surface area contributed by atoms with Crippen molar-refractivity contribution in [3.8, 4) is 5.75 Å². The summed E-state index contributed by atoms with van der Waals surface area (Å²) in [7, 11) is 0. The highest BCUT2D eigenvalue weighted by molar-refractivity contribution is 5.93. The fourth-order valence-corrected chi connectivity index (χ4v) is 4.10. The minimum atomic E-state index is -0.392. The smallest absolute Gasteiger partial charge is 0.270 e. The van der Waals surface area contributed by atoms with Crippen LogP contribution in [0.1, 0.15) is 27.9 Å². The van der Waals surface area contributed by atoms with Gasteiger partial charge in [0.2, 0.25) is 0 Å². The van der Waals surface area contributed by atoms with E-state index in [1.54, 1.807) is 41.7 Å². The molecule has 0 bridgehead atoms. The van der Waals surface area contributed by atoms with Crippen LogP contribution in [0.3, 0.4) is 0 Å². The molecule has 35 heavy (non-hydrogen) atoms. The van der Waals surface area contributed by atoms with Crippen molar-refractivity contribution in [3.63, 3.8) is 0 Å². The maximum absolute atomic E-state index is 13.6. The number of amides is 1. The molecular formula is C27H26N4O4. The third-order valence-corrected chi connectivity index (χ3v) is 6.03. The number of carbonyl (C=O) groups is 1. The van der Waals surface area contributed by atoms with Crippen molar-refractivity contribution in [2.24, 2.45) is 5.92 Å². The molecule has 8 nitrogen and oxygen atoms in total. The van der Waals surface area contributed by atoms with E-state index in [0.717, 1.165) is 36.5 Å². The summed E-state index contributed by atoms with van der Waals surface area (Å²) in [6.07, 6.45) is 7.40. The average Bonchev–Trinajstić information content (AvgIpc) is 3.42. The van der Waals surface area contributed by atoms with Crippen molar-refractivity contribution in [2.45, 2.75) is 19.5 Å². The Kier molecular flexibility index (Phi) is 6.81. The second-order valence-corrected chi connectivity index (χ2v) is 8.61. The van der Waals surface area contributed by atoms with E-state index in [9.17, 15) is 9.59 Å². The molecule has 4 aromatic rings. The number of benzene rings is 1. The van der Waals surface area contributed by atoms with E-state index in [2.05, 4.69) is 9.97 Å². The predicted octanol–water partition coefficient (Wildman–Crippen LogP) is 3.35.